The number of amides is 1. The summed E-state index contributed by atoms with van der Waals surface area (Å²) in [5.41, 5.74) is 5.43. The van der Waals surface area contributed by atoms with Crippen LogP contribution in [0.1, 0.15) is 32.9 Å². The minimum Gasteiger partial charge on any atom is -0.362 e. The molecule has 2 aromatic rings. The first-order chi connectivity index (χ1) is 9.13. The molecule has 2 N–H and O–H groups in total. The fourth-order valence-electron chi connectivity index (χ4n) is 2.88. The first kappa shape index (κ1) is 12.0. The zero-order valence-corrected chi connectivity index (χ0v) is 11.3. The summed E-state index contributed by atoms with van der Waals surface area (Å²) < 4.78 is 0. The number of fused-ring (bicyclic) bond motifs is 1. The molecule has 0 aliphatic heterocycles. The van der Waals surface area contributed by atoms with Gasteiger partial charge in [-0.15, -0.1) is 0 Å². The van der Waals surface area contributed by atoms with Crippen LogP contribution in [0.5, 0.6) is 0 Å². The van der Waals surface area contributed by atoms with E-state index in [2.05, 4.69) is 34.6 Å². The Labute approximate surface area is 113 Å². The normalized spacial score (nSPS) is 14.4. The molecule has 3 nitrogen and oxygen atoms in total. The van der Waals surface area contributed by atoms with Gasteiger partial charge in [-0.1, -0.05) is 24.3 Å². The zero-order valence-electron chi connectivity index (χ0n) is 11.3. The number of hydrogen-bond acceptors (Lipinski definition) is 1. The van der Waals surface area contributed by atoms with Crippen molar-refractivity contribution in [1.82, 2.24) is 10.3 Å². The van der Waals surface area contributed by atoms with Gasteiger partial charge in [-0.05, 0) is 43.9 Å². The lowest BCUT2D eigenvalue weighted by Crippen LogP contribution is -2.35. The van der Waals surface area contributed by atoms with Crippen LogP contribution < -0.4 is 5.32 Å². The highest BCUT2D eigenvalue weighted by Gasteiger charge is 2.23. The summed E-state index contributed by atoms with van der Waals surface area (Å²) >= 11 is 0. The Balaban J connectivity index is 1.71. The molecule has 0 unspecified atom stereocenters. The molecule has 0 saturated heterocycles. The molecule has 1 aliphatic carbocycles. The van der Waals surface area contributed by atoms with Crippen LogP contribution in [0.25, 0.3) is 0 Å². The summed E-state index contributed by atoms with van der Waals surface area (Å²) in [6.45, 7) is 3.90. The monoisotopic (exact) mass is 254 g/mol. The topological polar surface area (TPSA) is 44.9 Å². The number of hydrogen-bond donors (Lipinski definition) is 2. The van der Waals surface area contributed by atoms with Crippen LogP contribution in [0.15, 0.2) is 30.3 Å². The van der Waals surface area contributed by atoms with Crippen molar-refractivity contribution in [3.05, 3.63) is 58.4 Å². The Bertz CT molecular complexity index is 602. The average molecular weight is 254 g/mol. The van der Waals surface area contributed by atoms with E-state index in [0.717, 1.165) is 29.8 Å². The number of aromatic amines is 1. The molecule has 0 saturated carbocycles. The van der Waals surface area contributed by atoms with Gasteiger partial charge in [-0.25, -0.2) is 0 Å². The number of aromatic nitrogens is 1. The van der Waals surface area contributed by atoms with Crippen molar-refractivity contribution >= 4 is 5.91 Å². The van der Waals surface area contributed by atoms with E-state index in [1.807, 2.05) is 19.9 Å². The van der Waals surface area contributed by atoms with Crippen molar-refractivity contribution in [2.75, 3.05) is 0 Å². The molecule has 0 bridgehead atoms. The predicted molar refractivity (Wildman–Crippen MR) is 75.4 cm³/mol. The van der Waals surface area contributed by atoms with E-state index in [-0.39, 0.29) is 11.9 Å². The molecule has 0 atom stereocenters. The summed E-state index contributed by atoms with van der Waals surface area (Å²) in [5.74, 6) is 0.0275. The molecule has 0 spiro atoms. The molecule has 98 valence electrons. The smallest absolute Gasteiger partial charge is 0.253 e. The number of benzene rings is 1. The van der Waals surface area contributed by atoms with Crippen molar-refractivity contribution in [2.24, 2.45) is 0 Å². The number of rotatable bonds is 2. The van der Waals surface area contributed by atoms with Gasteiger partial charge in [-0.3, -0.25) is 4.79 Å². The Morgan fingerprint density at radius 1 is 1.21 bits per heavy atom. The second kappa shape index (κ2) is 4.57. The molecule has 0 radical (unpaired) electrons. The van der Waals surface area contributed by atoms with Crippen LogP contribution in [-0.4, -0.2) is 16.9 Å². The van der Waals surface area contributed by atoms with Gasteiger partial charge in [0.05, 0.1) is 5.56 Å². The second-order valence-electron chi connectivity index (χ2n) is 5.34. The van der Waals surface area contributed by atoms with Crippen LogP contribution in [0.3, 0.4) is 0 Å². The summed E-state index contributed by atoms with van der Waals surface area (Å²) in [4.78, 5) is 15.4. The standard InChI is InChI=1S/C16H18N2O/c1-10-7-15(11(2)17-10)16(19)18-14-8-12-5-3-4-6-13(12)9-14/h3-7,14,17H,8-9H2,1-2H3,(H,18,19). The number of carbonyl (C=O) groups is 1. The maximum absolute atomic E-state index is 12.3. The van der Waals surface area contributed by atoms with Gasteiger partial charge in [0.25, 0.3) is 5.91 Å². The van der Waals surface area contributed by atoms with Crippen molar-refractivity contribution in [1.29, 1.82) is 0 Å². The molecule has 19 heavy (non-hydrogen) atoms. The molecule has 3 rings (SSSR count). The zero-order chi connectivity index (χ0) is 13.4. The minimum absolute atomic E-state index is 0.0275. The molecular weight excluding hydrogens is 236 g/mol. The number of carbonyl (C=O) groups excluding carboxylic acids is 1. The SMILES string of the molecule is Cc1cc(C(=O)NC2Cc3ccccc3C2)c(C)[nH]1. The molecule has 0 fully saturated rings. The Kier molecular flexibility index (Phi) is 2.90. The van der Waals surface area contributed by atoms with E-state index in [1.54, 1.807) is 0 Å². The summed E-state index contributed by atoms with van der Waals surface area (Å²) in [5, 5.41) is 3.14. The van der Waals surface area contributed by atoms with E-state index < -0.39 is 0 Å². The van der Waals surface area contributed by atoms with Gasteiger partial charge in [0.15, 0.2) is 0 Å². The average Bonchev–Trinajstić information content (AvgIpc) is 2.91. The highest BCUT2D eigenvalue weighted by Crippen LogP contribution is 2.22. The summed E-state index contributed by atoms with van der Waals surface area (Å²) in [7, 11) is 0. The molecule has 1 heterocycles. The third kappa shape index (κ3) is 2.28. The minimum atomic E-state index is 0.0275. The highest BCUT2D eigenvalue weighted by molar-refractivity contribution is 5.95. The van der Waals surface area contributed by atoms with E-state index in [4.69, 9.17) is 0 Å². The van der Waals surface area contributed by atoms with E-state index in [0.29, 0.717) is 0 Å². The van der Waals surface area contributed by atoms with Crippen LogP contribution in [0.4, 0.5) is 0 Å². The fraction of sp³-hybridized carbons (Fsp3) is 0.312. The van der Waals surface area contributed by atoms with Crippen LogP contribution in [-0.2, 0) is 12.8 Å². The van der Waals surface area contributed by atoms with Gasteiger partial charge < -0.3 is 10.3 Å². The van der Waals surface area contributed by atoms with Gasteiger partial charge in [-0.2, -0.15) is 0 Å². The maximum Gasteiger partial charge on any atom is 0.253 e. The molecule has 1 amide bonds. The molecule has 3 heteroatoms. The lowest BCUT2D eigenvalue weighted by Gasteiger charge is -2.11. The Hall–Kier alpha value is -2.03. The van der Waals surface area contributed by atoms with Gasteiger partial charge in [0.2, 0.25) is 0 Å². The molecular formula is C16H18N2O. The number of H-pyrrole nitrogens is 1. The molecule has 1 aliphatic rings. The van der Waals surface area contributed by atoms with Crippen LogP contribution >= 0.6 is 0 Å². The fourth-order valence-corrected chi connectivity index (χ4v) is 2.88. The molecule has 1 aromatic heterocycles. The highest BCUT2D eigenvalue weighted by atomic mass is 16.1. The van der Waals surface area contributed by atoms with E-state index >= 15 is 0 Å². The largest absolute Gasteiger partial charge is 0.362 e. The molecule has 1 aromatic carbocycles. The predicted octanol–water partition coefficient (Wildman–Crippen LogP) is 2.53. The lowest BCUT2D eigenvalue weighted by molar-refractivity contribution is 0.0938. The first-order valence-electron chi connectivity index (χ1n) is 6.67. The van der Waals surface area contributed by atoms with Crippen LogP contribution in [0, 0.1) is 13.8 Å². The quantitative estimate of drug-likeness (QED) is 0.850. The third-order valence-electron chi connectivity index (χ3n) is 3.78. The summed E-state index contributed by atoms with van der Waals surface area (Å²) in [6.07, 6.45) is 1.87. The third-order valence-corrected chi connectivity index (χ3v) is 3.78. The maximum atomic E-state index is 12.3. The van der Waals surface area contributed by atoms with Crippen molar-refractivity contribution in [2.45, 2.75) is 32.7 Å². The van der Waals surface area contributed by atoms with Gasteiger partial charge in [0, 0.05) is 17.4 Å². The number of nitrogens with one attached hydrogen (secondary N) is 2. The van der Waals surface area contributed by atoms with Crippen molar-refractivity contribution < 1.29 is 4.79 Å². The number of aryl methyl sites for hydroxylation is 2. The van der Waals surface area contributed by atoms with Crippen molar-refractivity contribution in [3.63, 3.8) is 0 Å². The van der Waals surface area contributed by atoms with Gasteiger partial charge in [0.1, 0.15) is 0 Å². The van der Waals surface area contributed by atoms with E-state index in [9.17, 15) is 4.79 Å². The first-order valence-corrected chi connectivity index (χ1v) is 6.67. The van der Waals surface area contributed by atoms with E-state index in [1.165, 1.54) is 11.1 Å². The second-order valence-corrected chi connectivity index (χ2v) is 5.34. The Morgan fingerprint density at radius 3 is 2.37 bits per heavy atom. The Morgan fingerprint density at radius 2 is 1.84 bits per heavy atom. The van der Waals surface area contributed by atoms with Crippen molar-refractivity contribution in [3.8, 4) is 0 Å². The van der Waals surface area contributed by atoms with Crippen LogP contribution in [0.2, 0.25) is 0 Å². The summed E-state index contributed by atoms with van der Waals surface area (Å²) in [6, 6.07) is 10.5. The lowest BCUT2D eigenvalue weighted by atomic mass is 10.1. The van der Waals surface area contributed by atoms with Gasteiger partial charge >= 0.3 is 0 Å².